The highest BCUT2D eigenvalue weighted by atomic mass is 16.5. The first-order valence-corrected chi connectivity index (χ1v) is 6.65. The fraction of sp³-hybridized carbons (Fsp3) is 0.714. The highest BCUT2D eigenvalue weighted by molar-refractivity contribution is 5.07. The van der Waals surface area contributed by atoms with Crippen molar-refractivity contribution in [3.63, 3.8) is 0 Å². The summed E-state index contributed by atoms with van der Waals surface area (Å²) in [4.78, 5) is 11.0. The lowest BCUT2D eigenvalue weighted by molar-refractivity contribution is 0.0470. The number of aromatic nitrogens is 2. The molecular weight excluding hydrogens is 226 g/mol. The normalized spacial score (nSPS) is 18.9. The van der Waals surface area contributed by atoms with Crippen LogP contribution in [0.4, 0.5) is 0 Å². The maximum atomic E-state index is 5.90. The van der Waals surface area contributed by atoms with Gasteiger partial charge in [-0.3, -0.25) is 9.88 Å². The quantitative estimate of drug-likeness (QED) is 0.807. The van der Waals surface area contributed by atoms with Crippen LogP contribution >= 0.6 is 0 Å². The van der Waals surface area contributed by atoms with Gasteiger partial charge in [-0.15, -0.1) is 0 Å². The van der Waals surface area contributed by atoms with E-state index in [1.165, 1.54) is 0 Å². The van der Waals surface area contributed by atoms with E-state index >= 15 is 0 Å². The maximum Gasteiger partial charge on any atom is 0.232 e. The number of nitrogens with zero attached hydrogens (tertiary/aromatic N) is 3. The van der Waals surface area contributed by atoms with E-state index in [9.17, 15) is 0 Å². The number of aryl methyl sites for hydroxylation is 1. The van der Waals surface area contributed by atoms with Crippen LogP contribution in [0.1, 0.15) is 39.3 Å². The summed E-state index contributed by atoms with van der Waals surface area (Å²) in [5.74, 6) is 0.657. The second-order valence-corrected chi connectivity index (χ2v) is 5.97. The fourth-order valence-corrected chi connectivity index (χ4v) is 2.31. The largest absolute Gasteiger partial charge is 0.473 e. The SMILES string of the molecule is Cc1cncc(OC2CCN(C(C)(C)C)CC2)n1. The summed E-state index contributed by atoms with van der Waals surface area (Å²) < 4.78 is 5.90. The molecule has 0 spiro atoms. The van der Waals surface area contributed by atoms with E-state index in [0.29, 0.717) is 5.88 Å². The minimum Gasteiger partial charge on any atom is -0.473 e. The van der Waals surface area contributed by atoms with Gasteiger partial charge >= 0.3 is 0 Å². The van der Waals surface area contributed by atoms with Crippen molar-refractivity contribution in [1.29, 1.82) is 0 Å². The van der Waals surface area contributed by atoms with Gasteiger partial charge in [-0.2, -0.15) is 0 Å². The molecule has 4 heteroatoms. The van der Waals surface area contributed by atoms with Gasteiger partial charge in [0.15, 0.2) is 0 Å². The van der Waals surface area contributed by atoms with E-state index in [4.69, 9.17) is 4.74 Å². The third-order valence-electron chi connectivity index (χ3n) is 3.41. The molecule has 0 atom stereocenters. The number of hydrogen-bond donors (Lipinski definition) is 0. The molecule has 0 bridgehead atoms. The molecule has 1 aromatic rings. The van der Waals surface area contributed by atoms with Crippen molar-refractivity contribution < 1.29 is 4.74 Å². The van der Waals surface area contributed by atoms with Gasteiger partial charge in [0, 0.05) is 24.8 Å². The summed E-state index contributed by atoms with van der Waals surface area (Å²) in [6.45, 7) is 10.9. The van der Waals surface area contributed by atoms with Crippen molar-refractivity contribution in [3.8, 4) is 5.88 Å². The molecule has 1 saturated heterocycles. The van der Waals surface area contributed by atoms with Gasteiger partial charge in [-0.05, 0) is 40.5 Å². The molecule has 0 saturated carbocycles. The van der Waals surface area contributed by atoms with Gasteiger partial charge in [0.25, 0.3) is 0 Å². The van der Waals surface area contributed by atoms with Crippen molar-refractivity contribution in [2.75, 3.05) is 13.1 Å². The third kappa shape index (κ3) is 3.42. The van der Waals surface area contributed by atoms with Gasteiger partial charge in [0.2, 0.25) is 5.88 Å². The number of hydrogen-bond acceptors (Lipinski definition) is 4. The molecule has 100 valence electrons. The molecule has 0 amide bonds. The highest BCUT2D eigenvalue weighted by Crippen LogP contribution is 2.22. The standard InChI is InChI=1S/C14H23N3O/c1-11-9-15-10-13(16-11)18-12-5-7-17(8-6-12)14(2,3)4/h9-10,12H,5-8H2,1-4H3. The Morgan fingerprint density at radius 3 is 2.44 bits per heavy atom. The molecule has 2 heterocycles. The molecule has 0 aliphatic carbocycles. The zero-order valence-electron chi connectivity index (χ0n) is 11.8. The number of rotatable bonds is 2. The van der Waals surface area contributed by atoms with Crippen LogP contribution in [0.25, 0.3) is 0 Å². The van der Waals surface area contributed by atoms with E-state index in [1.54, 1.807) is 12.4 Å². The zero-order valence-corrected chi connectivity index (χ0v) is 11.8. The summed E-state index contributed by atoms with van der Waals surface area (Å²) in [7, 11) is 0. The van der Waals surface area contributed by atoms with Gasteiger partial charge < -0.3 is 4.74 Å². The van der Waals surface area contributed by atoms with Crippen LogP contribution in [0.5, 0.6) is 5.88 Å². The van der Waals surface area contributed by atoms with Crippen molar-refractivity contribution in [2.45, 2.75) is 52.2 Å². The monoisotopic (exact) mass is 249 g/mol. The number of ether oxygens (including phenoxy) is 1. The van der Waals surface area contributed by atoms with Gasteiger partial charge in [-0.1, -0.05) is 0 Å². The molecule has 4 nitrogen and oxygen atoms in total. The number of likely N-dealkylation sites (tertiary alicyclic amines) is 1. The second kappa shape index (κ2) is 5.22. The Kier molecular flexibility index (Phi) is 3.85. The first-order valence-electron chi connectivity index (χ1n) is 6.65. The predicted octanol–water partition coefficient (Wildman–Crippen LogP) is 2.43. The molecule has 0 unspecified atom stereocenters. The molecular formula is C14H23N3O. The van der Waals surface area contributed by atoms with Crippen LogP contribution in [-0.4, -0.2) is 39.6 Å². The Morgan fingerprint density at radius 1 is 1.22 bits per heavy atom. The summed E-state index contributed by atoms with van der Waals surface area (Å²) in [5, 5.41) is 0. The van der Waals surface area contributed by atoms with E-state index in [-0.39, 0.29) is 11.6 Å². The lowest BCUT2D eigenvalue weighted by Crippen LogP contribution is -2.48. The van der Waals surface area contributed by atoms with Gasteiger partial charge in [0.1, 0.15) is 6.10 Å². The van der Waals surface area contributed by atoms with Crippen molar-refractivity contribution in [3.05, 3.63) is 18.1 Å². The lowest BCUT2D eigenvalue weighted by atomic mass is 9.99. The average Bonchev–Trinajstić information content (AvgIpc) is 2.28. The van der Waals surface area contributed by atoms with Crippen LogP contribution in [0.2, 0.25) is 0 Å². The van der Waals surface area contributed by atoms with E-state index in [2.05, 4.69) is 35.6 Å². The summed E-state index contributed by atoms with van der Waals surface area (Å²) in [6.07, 6.45) is 5.84. The highest BCUT2D eigenvalue weighted by Gasteiger charge is 2.27. The smallest absolute Gasteiger partial charge is 0.232 e. The molecule has 1 fully saturated rings. The minimum atomic E-state index is 0.258. The third-order valence-corrected chi connectivity index (χ3v) is 3.41. The molecule has 0 aromatic carbocycles. The minimum absolute atomic E-state index is 0.258. The average molecular weight is 249 g/mol. The van der Waals surface area contributed by atoms with Crippen molar-refractivity contribution in [1.82, 2.24) is 14.9 Å². The van der Waals surface area contributed by atoms with E-state index in [0.717, 1.165) is 31.6 Å². The first kappa shape index (κ1) is 13.3. The van der Waals surface area contributed by atoms with Crippen LogP contribution in [0.15, 0.2) is 12.4 Å². The van der Waals surface area contributed by atoms with Crippen molar-refractivity contribution >= 4 is 0 Å². The Labute approximate surface area is 109 Å². The molecule has 18 heavy (non-hydrogen) atoms. The van der Waals surface area contributed by atoms with Crippen LogP contribution < -0.4 is 4.74 Å². The number of piperidine rings is 1. The van der Waals surface area contributed by atoms with E-state index < -0.39 is 0 Å². The maximum absolute atomic E-state index is 5.90. The van der Waals surface area contributed by atoms with Crippen LogP contribution in [-0.2, 0) is 0 Å². The Balaban J connectivity index is 1.87. The van der Waals surface area contributed by atoms with Crippen molar-refractivity contribution in [2.24, 2.45) is 0 Å². The van der Waals surface area contributed by atoms with Crippen LogP contribution in [0, 0.1) is 6.92 Å². The summed E-state index contributed by atoms with van der Waals surface area (Å²) >= 11 is 0. The molecule has 1 aliphatic heterocycles. The second-order valence-electron chi connectivity index (χ2n) is 5.97. The molecule has 0 N–H and O–H groups in total. The Hall–Kier alpha value is -1.16. The zero-order chi connectivity index (χ0) is 13.2. The molecule has 2 rings (SSSR count). The van der Waals surface area contributed by atoms with E-state index in [1.807, 2.05) is 6.92 Å². The first-order chi connectivity index (χ1) is 8.45. The summed E-state index contributed by atoms with van der Waals surface area (Å²) in [5.41, 5.74) is 1.16. The molecule has 0 radical (unpaired) electrons. The predicted molar refractivity (Wildman–Crippen MR) is 71.7 cm³/mol. The summed E-state index contributed by atoms with van der Waals surface area (Å²) in [6, 6.07) is 0. The van der Waals surface area contributed by atoms with Gasteiger partial charge in [0.05, 0.1) is 11.9 Å². The Bertz CT molecular complexity index is 392. The van der Waals surface area contributed by atoms with Gasteiger partial charge in [-0.25, -0.2) is 4.98 Å². The topological polar surface area (TPSA) is 38.2 Å². The molecule has 1 aliphatic rings. The fourth-order valence-electron chi connectivity index (χ4n) is 2.31. The Morgan fingerprint density at radius 2 is 1.89 bits per heavy atom. The lowest BCUT2D eigenvalue weighted by Gasteiger charge is -2.40. The van der Waals surface area contributed by atoms with Crippen LogP contribution in [0.3, 0.4) is 0 Å². The molecule has 1 aromatic heterocycles.